The minimum Gasteiger partial charge on any atom is -0.488 e. The Morgan fingerprint density at radius 2 is 2.11 bits per heavy atom. The van der Waals surface area contributed by atoms with Crippen molar-refractivity contribution in [3.05, 3.63) is 24.3 Å². The number of para-hydroxylation sites is 2. The van der Waals surface area contributed by atoms with E-state index in [1.165, 1.54) is 5.69 Å². The van der Waals surface area contributed by atoms with E-state index in [1.54, 1.807) is 0 Å². The van der Waals surface area contributed by atoms with E-state index >= 15 is 0 Å². The third kappa shape index (κ3) is 1.99. The van der Waals surface area contributed by atoms with E-state index in [4.69, 9.17) is 9.47 Å². The molecule has 2 fully saturated rings. The molecule has 2 unspecified atom stereocenters. The fourth-order valence-corrected chi connectivity index (χ4v) is 3.32. The summed E-state index contributed by atoms with van der Waals surface area (Å²) in [6.45, 7) is 4.89. The SMILES string of the molecule is c1ccc2c(c1)OC(C1COC1)CC1CNCCN21. The van der Waals surface area contributed by atoms with Crippen molar-refractivity contribution in [1.29, 1.82) is 0 Å². The van der Waals surface area contributed by atoms with Gasteiger partial charge in [-0.15, -0.1) is 0 Å². The number of hydrogen-bond acceptors (Lipinski definition) is 4. The maximum absolute atomic E-state index is 6.30. The molecule has 102 valence electrons. The Hall–Kier alpha value is -1.26. The number of nitrogens with zero attached hydrogens (tertiary/aromatic N) is 1. The van der Waals surface area contributed by atoms with E-state index < -0.39 is 0 Å². The van der Waals surface area contributed by atoms with Crippen LogP contribution < -0.4 is 15.0 Å². The quantitative estimate of drug-likeness (QED) is 0.824. The van der Waals surface area contributed by atoms with Crippen molar-refractivity contribution in [2.24, 2.45) is 5.92 Å². The topological polar surface area (TPSA) is 33.7 Å². The Bertz CT molecular complexity index is 461. The number of ether oxygens (including phenoxy) is 2. The Balaban J connectivity index is 1.68. The average Bonchev–Trinajstić information content (AvgIpc) is 2.53. The number of piperazine rings is 1. The van der Waals surface area contributed by atoms with Gasteiger partial charge in [0, 0.05) is 38.0 Å². The second-order valence-electron chi connectivity index (χ2n) is 5.71. The molecule has 2 atom stereocenters. The summed E-state index contributed by atoms with van der Waals surface area (Å²) >= 11 is 0. The summed E-state index contributed by atoms with van der Waals surface area (Å²) < 4.78 is 11.6. The molecule has 0 aliphatic carbocycles. The van der Waals surface area contributed by atoms with Crippen molar-refractivity contribution in [3.8, 4) is 5.75 Å². The van der Waals surface area contributed by atoms with E-state index in [0.29, 0.717) is 18.1 Å². The van der Waals surface area contributed by atoms with E-state index in [9.17, 15) is 0 Å². The zero-order valence-electron chi connectivity index (χ0n) is 11.0. The van der Waals surface area contributed by atoms with Crippen LogP contribution in [-0.4, -0.2) is 45.0 Å². The first-order chi connectivity index (χ1) is 9.42. The number of rotatable bonds is 1. The van der Waals surface area contributed by atoms with Crippen LogP contribution in [-0.2, 0) is 4.74 Å². The van der Waals surface area contributed by atoms with Crippen LogP contribution in [0.15, 0.2) is 24.3 Å². The predicted octanol–water partition coefficient (Wildman–Crippen LogP) is 1.26. The minimum atomic E-state index is 0.296. The molecular weight excluding hydrogens is 240 g/mol. The Labute approximate surface area is 113 Å². The van der Waals surface area contributed by atoms with Crippen LogP contribution in [0.4, 0.5) is 5.69 Å². The summed E-state index contributed by atoms with van der Waals surface area (Å²) in [5.74, 6) is 1.61. The summed E-state index contributed by atoms with van der Waals surface area (Å²) in [4.78, 5) is 2.52. The van der Waals surface area contributed by atoms with Crippen molar-refractivity contribution in [2.75, 3.05) is 37.7 Å². The second kappa shape index (κ2) is 4.69. The van der Waals surface area contributed by atoms with Crippen LogP contribution in [0.3, 0.4) is 0 Å². The van der Waals surface area contributed by atoms with Gasteiger partial charge in [-0.05, 0) is 12.1 Å². The summed E-state index contributed by atoms with van der Waals surface area (Å²) in [5, 5.41) is 3.51. The molecule has 1 aromatic carbocycles. The molecule has 4 nitrogen and oxygen atoms in total. The fourth-order valence-electron chi connectivity index (χ4n) is 3.32. The van der Waals surface area contributed by atoms with Crippen LogP contribution in [0.25, 0.3) is 0 Å². The molecule has 0 saturated carbocycles. The van der Waals surface area contributed by atoms with Gasteiger partial charge in [-0.2, -0.15) is 0 Å². The van der Waals surface area contributed by atoms with Gasteiger partial charge in [0.05, 0.1) is 18.9 Å². The molecule has 0 amide bonds. The number of anilines is 1. The largest absolute Gasteiger partial charge is 0.488 e. The first-order valence-corrected chi connectivity index (χ1v) is 7.22. The van der Waals surface area contributed by atoms with Crippen LogP contribution in [0.5, 0.6) is 5.75 Å². The van der Waals surface area contributed by atoms with E-state index in [-0.39, 0.29) is 0 Å². The number of nitrogens with one attached hydrogen (secondary N) is 1. The van der Waals surface area contributed by atoms with Gasteiger partial charge in [0.15, 0.2) is 0 Å². The Morgan fingerprint density at radius 1 is 1.21 bits per heavy atom. The molecular formula is C15H20N2O2. The van der Waals surface area contributed by atoms with Crippen LogP contribution in [0.1, 0.15) is 6.42 Å². The lowest BCUT2D eigenvalue weighted by Gasteiger charge is -2.38. The highest BCUT2D eigenvalue weighted by Gasteiger charge is 2.37. The Morgan fingerprint density at radius 3 is 2.95 bits per heavy atom. The van der Waals surface area contributed by atoms with Gasteiger partial charge in [-0.1, -0.05) is 12.1 Å². The molecule has 3 aliphatic heterocycles. The monoisotopic (exact) mass is 260 g/mol. The first kappa shape index (κ1) is 11.6. The average molecular weight is 260 g/mol. The van der Waals surface area contributed by atoms with Crippen molar-refractivity contribution in [1.82, 2.24) is 5.32 Å². The van der Waals surface area contributed by atoms with Gasteiger partial charge in [-0.3, -0.25) is 0 Å². The highest BCUT2D eigenvalue weighted by Crippen LogP contribution is 2.37. The first-order valence-electron chi connectivity index (χ1n) is 7.22. The van der Waals surface area contributed by atoms with Gasteiger partial charge in [-0.25, -0.2) is 0 Å². The highest BCUT2D eigenvalue weighted by atomic mass is 16.5. The maximum Gasteiger partial charge on any atom is 0.143 e. The van der Waals surface area contributed by atoms with Crippen LogP contribution in [0.2, 0.25) is 0 Å². The number of hydrogen-bond donors (Lipinski definition) is 1. The summed E-state index contributed by atoms with van der Waals surface area (Å²) in [5.41, 5.74) is 1.26. The lowest BCUT2D eigenvalue weighted by atomic mass is 9.93. The molecule has 1 N–H and O–H groups in total. The van der Waals surface area contributed by atoms with Crippen molar-refractivity contribution < 1.29 is 9.47 Å². The molecule has 3 aliphatic rings. The van der Waals surface area contributed by atoms with Crippen molar-refractivity contribution in [2.45, 2.75) is 18.6 Å². The minimum absolute atomic E-state index is 0.296. The predicted molar refractivity (Wildman–Crippen MR) is 73.8 cm³/mol. The van der Waals surface area contributed by atoms with Crippen LogP contribution in [0, 0.1) is 5.92 Å². The molecule has 4 heteroatoms. The van der Waals surface area contributed by atoms with E-state index in [2.05, 4.69) is 34.5 Å². The summed E-state index contributed by atoms with van der Waals surface area (Å²) in [7, 11) is 0. The summed E-state index contributed by atoms with van der Waals surface area (Å²) in [6, 6.07) is 9.01. The molecule has 0 aromatic heterocycles. The van der Waals surface area contributed by atoms with Gasteiger partial charge in [0.2, 0.25) is 0 Å². The van der Waals surface area contributed by atoms with Gasteiger partial charge in [0.25, 0.3) is 0 Å². The lowest BCUT2D eigenvalue weighted by Crippen LogP contribution is -2.53. The smallest absolute Gasteiger partial charge is 0.143 e. The standard InChI is InChI=1S/C15H20N2O2/c1-2-4-14-13(3-1)17-6-5-16-8-12(17)7-15(19-14)11-9-18-10-11/h1-4,11-12,15-16H,5-10H2. The van der Waals surface area contributed by atoms with Gasteiger partial charge >= 0.3 is 0 Å². The van der Waals surface area contributed by atoms with Gasteiger partial charge in [0.1, 0.15) is 11.9 Å². The third-order valence-corrected chi connectivity index (χ3v) is 4.50. The van der Waals surface area contributed by atoms with Crippen molar-refractivity contribution >= 4 is 5.69 Å². The molecule has 0 bridgehead atoms. The lowest BCUT2D eigenvalue weighted by molar-refractivity contribution is -0.0849. The summed E-state index contributed by atoms with van der Waals surface area (Å²) in [6.07, 6.45) is 1.39. The van der Waals surface area contributed by atoms with E-state index in [0.717, 1.165) is 45.0 Å². The fraction of sp³-hybridized carbons (Fsp3) is 0.600. The molecule has 4 rings (SSSR count). The number of fused-ring (bicyclic) bond motifs is 3. The zero-order valence-corrected chi connectivity index (χ0v) is 11.0. The second-order valence-corrected chi connectivity index (χ2v) is 5.71. The normalized spacial score (nSPS) is 30.6. The van der Waals surface area contributed by atoms with Crippen LogP contribution >= 0.6 is 0 Å². The van der Waals surface area contributed by atoms with Gasteiger partial charge < -0.3 is 19.7 Å². The maximum atomic E-state index is 6.30. The molecule has 0 radical (unpaired) electrons. The highest BCUT2D eigenvalue weighted by molar-refractivity contribution is 5.60. The molecule has 19 heavy (non-hydrogen) atoms. The molecule has 2 saturated heterocycles. The van der Waals surface area contributed by atoms with E-state index in [1.807, 2.05) is 0 Å². The number of benzene rings is 1. The Kier molecular flexibility index (Phi) is 2.85. The molecule has 0 spiro atoms. The van der Waals surface area contributed by atoms with Crippen molar-refractivity contribution in [3.63, 3.8) is 0 Å². The zero-order chi connectivity index (χ0) is 12.7. The molecule has 1 aromatic rings. The third-order valence-electron chi connectivity index (χ3n) is 4.50. The molecule has 3 heterocycles.